The average molecular weight is 342 g/mol. The van der Waals surface area contributed by atoms with Crippen LogP contribution in [0.15, 0.2) is 60.7 Å². The first kappa shape index (κ1) is 17.8. The molecule has 0 aliphatic heterocycles. The zero-order chi connectivity index (χ0) is 18.8. The highest BCUT2D eigenvalue weighted by Crippen LogP contribution is 2.18. The van der Waals surface area contributed by atoms with Gasteiger partial charge >= 0.3 is 0 Å². The first-order valence-electron chi connectivity index (χ1n) is 8.70. The van der Waals surface area contributed by atoms with Crippen molar-refractivity contribution in [2.75, 3.05) is 0 Å². The van der Waals surface area contributed by atoms with Crippen LogP contribution in [0.4, 0.5) is 0 Å². The van der Waals surface area contributed by atoms with Gasteiger partial charge in [-0.3, -0.25) is 9.59 Å². The Balaban J connectivity index is 1.86. The fourth-order valence-corrected chi connectivity index (χ4v) is 3.09. The largest absolute Gasteiger partial charge is 0.289 e. The first-order chi connectivity index (χ1) is 12.3. The molecule has 0 aliphatic carbocycles. The van der Waals surface area contributed by atoms with Crippen LogP contribution in [0.1, 0.15) is 54.1 Å². The van der Waals surface area contributed by atoms with Crippen molar-refractivity contribution in [1.29, 1.82) is 0 Å². The van der Waals surface area contributed by atoms with Crippen molar-refractivity contribution >= 4 is 11.6 Å². The number of ketones is 2. The lowest BCUT2D eigenvalue weighted by Crippen LogP contribution is -2.05. The van der Waals surface area contributed by atoms with E-state index in [9.17, 15) is 9.59 Å². The van der Waals surface area contributed by atoms with Crippen LogP contribution < -0.4 is 0 Å². The first-order valence-corrected chi connectivity index (χ1v) is 8.70. The maximum atomic E-state index is 12.7. The molecule has 0 bridgehead atoms. The summed E-state index contributed by atoms with van der Waals surface area (Å²) in [6.07, 6.45) is 0. The third kappa shape index (κ3) is 3.65. The van der Waals surface area contributed by atoms with Crippen LogP contribution >= 0.6 is 0 Å². The molecule has 0 spiro atoms. The van der Waals surface area contributed by atoms with Gasteiger partial charge in [0.1, 0.15) is 0 Å². The summed E-state index contributed by atoms with van der Waals surface area (Å²) < 4.78 is 0. The van der Waals surface area contributed by atoms with Crippen molar-refractivity contribution in [1.82, 2.24) is 0 Å². The Morgan fingerprint density at radius 1 is 0.500 bits per heavy atom. The van der Waals surface area contributed by atoms with E-state index in [1.807, 2.05) is 64.1 Å². The van der Waals surface area contributed by atoms with Gasteiger partial charge in [0.05, 0.1) is 0 Å². The number of carbonyl (C=O) groups is 2. The molecule has 3 aromatic rings. The van der Waals surface area contributed by atoms with Crippen molar-refractivity contribution in [3.8, 4) is 0 Å². The van der Waals surface area contributed by atoms with E-state index in [0.29, 0.717) is 22.3 Å². The van der Waals surface area contributed by atoms with Crippen LogP contribution in [0.3, 0.4) is 0 Å². The third-order valence-corrected chi connectivity index (χ3v) is 4.66. The predicted octanol–water partition coefficient (Wildman–Crippen LogP) is 5.38. The smallest absolute Gasteiger partial charge is 0.193 e. The average Bonchev–Trinajstić information content (AvgIpc) is 2.62. The van der Waals surface area contributed by atoms with Crippen LogP contribution in [0.25, 0.3) is 0 Å². The molecule has 2 heteroatoms. The van der Waals surface area contributed by atoms with Crippen LogP contribution in [0.5, 0.6) is 0 Å². The highest BCUT2D eigenvalue weighted by atomic mass is 16.1. The predicted molar refractivity (Wildman–Crippen MR) is 105 cm³/mol. The molecule has 130 valence electrons. The van der Waals surface area contributed by atoms with Gasteiger partial charge in [0, 0.05) is 22.3 Å². The molecule has 26 heavy (non-hydrogen) atoms. The van der Waals surface area contributed by atoms with Crippen LogP contribution in [0.2, 0.25) is 0 Å². The Hall–Kier alpha value is -3.00. The maximum absolute atomic E-state index is 12.7. The van der Waals surface area contributed by atoms with E-state index in [1.54, 1.807) is 24.3 Å². The summed E-state index contributed by atoms with van der Waals surface area (Å²) in [5, 5.41) is 0. The minimum Gasteiger partial charge on any atom is -0.289 e. The van der Waals surface area contributed by atoms with Gasteiger partial charge in [-0.05, 0) is 57.0 Å². The Morgan fingerprint density at radius 3 is 1.46 bits per heavy atom. The van der Waals surface area contributed by atoms with Crippen molar-refractivity contribution in [2.45, 2.75) is 27.7 Å². The van der Waals surface area contributed by atoms with Gasteiger partial charge in [-0.15, -0.1) is 0 Å². The SMILES string of the molecule is Cc1cc(C)cc(C(=O)c2ccc(C(=O)c3ccc(C)c(C)c3)cc2)c1. The molecular weight excluding hydrogens is 320 g/mol. The quantitative estimate of drug-likeness (QED) is 0.596. The summed E-state index contributed by atoms with van der Waals surface area (Å²) >= 11 is 0. The van der Waals surface area contributed by atoms with E-state index in [0.717, 1.165) is 22.3 Å². The van der Waals surface area contributed by atoms with E-state index in [1.165, 1.54) is 0 Å². The lowest BCUT2D eigenvalue weighted by Gasteiger charge is -2.07. The second-order valence-electron chi connectivity index (χ2n) is 6.91. The van der Waals surface area contributed by atoms with Gasteiger partial charge < -0.3 is 0 Å². The van der Waals surface area contributed by atoms with Crippen molar-refractivity contribution in [3.63, 3.8) is 0 Å². The lowest BCUT2D eigenvalue weighted by atomic mass is 9.96. The second-order valence-corrected chi connectivity index (χ2v) is 6.91. The van der Waals surface area contributed by atoms with Crippen LogP contribution in [-0.2, 0) is 0 Å². The van der Waals surface area contributed by atoms with Gasteiger partial charge in [0.25, 0.3) is 0 Å². The lowest BCUT2D eigenvalue weighted by molar-refractivity contribution is 0.102. The molecule has 0 fully saturated rings. The fraction of sp³-hybridized carbons (Fsp3) is 0.167. The summed E-state index contributed by atoms with van der Waals surface area (Å²) in [6, 6.07) is 18.5. The third-order valence-electron chi connectivity index (χ3n) is 4.66. The minimum atomic E-state index is -0.0292. The number of carbonyl (C=O) groups excluding carboxylic acids is 2. The fourth-order valence-electron chi connectivity index (χ4n) is 3.09. The van der Waals surface area contributed by atoms with Crippen LogP contribution in [0, 0.1) is 27.7 Å². The summed E-state index contributed by atoms with van der Waals surface area (Å²) in [5.41, 5.74) is 6.91. The standard InChI is InChI=1S/C24H22O2/c1-15-11-16(2)13-22(12-15)24(26)20-9-7-19(8-10-20)23(25)21-6-5-17(3)18(4)14-21/h5-14H,1-4H3. The molecule has 3 aromatic carbocycles. The normalized spacial score (nSPS) is 10.6. The summed E-state index contributed by atoms with van der Waals surface area (Å²) in [6.45, 7) is 7.99. The van der Waals surface area contributed by atoms with E-state index < -0.39 is 0 Å². The van der Waals surface area contributed by atoms with Gasteiger partial charge in [-0.1, -0.05) is 53.6 Å². The molecule has 0 saturated carbocycles. The molecule has 3 rings (SSSR count). The zero-order valence-electron chi connectivity index (χ0n) is 15.6. The van der Waals surface area contributed by atoms with Gasteiger partial charge in [-0.25, -0.2) is 0 Å². The Labute approximate surface area is 154 Å². The topological polar surface area (TPSA) is 34.1 Å². The maximum Gasteiger partial charge on any atom is 0.193 e. The van der Waals surface area contributed by atoms with E-state index in [4.69, 9.17) is 0 Å². The Morgan fingerprint density at radius 2 is 0.962 bits per heavy atom. The van der Waals surface area contributed by atoms with E-state index in [-0.39, 0.29) is 11.6 Å². The molecule has 0 unspecified atom stereocenters. The van der Waals surface area contributed by atoms with Crippen molar-refractivity contribution in [2.24, 2.45) is 0 Å². The van der Waals surface area contributed by atoms with Gasteiger partial charge in [-0.2, -0.15) is 0 Å². The Kier molecular flexibility index (Phi) is 4.85. The molecule has 0 heterocycles. The molecule has 0 amide bonds. The molecule has 2 nitrogen and oxygen atoms in total. The molecule has 0 aliphatic rings. The second kappa shape index (κ2) is 7.09. The number of hydrogen-bond donors (Lipinski definition) is 0. The molecule has 0 N–H and O–H groups in total. The van der Waals surface area contributed by atoms with Gasteiger partial charge in [0.15, 0.2) is 11.6 Å². The monoisotopic (exact) mass is 342 g/mol. The summed E-state index contributed by atoms with van der Waals surface area (Å²) in [5.74, 6) is -0.0551. The van der Waals surface area contributed by atoms with Crippen molar-refractivity contribution in [3.05, 3.63) is 105 Å². The molecule has 0 aromatic heterocycles. The number of aryl methyl sites for hydroxylation is 4. The molecule has 0 atom stereocenters. The summed E-state index contributed by atoms with van der Waals surface area (Å²) in [7, 11) is 0. The number of hydrogen-bond acceptors (Lipinski definition) is 2. The van der Waals surface area contributed by atoms with Crippen LogP contribution in [-0.4, -0.2) is 11.6 Å². The van der Waals surface area contributed by atoms with E-state index >= 15 is 0 Å². The molecule has 0 saturated heterocycles. The number of benzene rings is 3. The van der Waals surface area contributed by atoms with E-state index in [2.05, 4.69) is 0 Å². The summed E-state index contributed by atoms with van der Waals surface area (Å²) in [4.78, 5) is 25.4. The molecular formula is C24H22O2. The molecule has 0 radical (unpaired) electrons. The van der Waals surface area contributed by atoms with Crippen molar-refractivity contribution < 1.29 is 9.59 Å². The zero-order valence-corrected chi connectivity index (χ0v) is 15.6. The highest BCUT2D eigenvalue weighted by Gasteiger charge is 2.13. The Bertz CT molecular complexity index is 975. The highest BCUT2D eigenvalue weighted by molar-refractivity contribution is 6.11. The van der Waals surface area contributed by atoms with Gasteiger partial charge in [0.2, 0.25) is 0 Å². The number of rotatable bonds is 4. The minimum absolute atomic E-state index is 0.0259.